The number of carbonyl (C=O) groups excluding carboxylic acids is 1. The highest BCUT2D eigenvalue weighted by Crippen LogP contribution is 2.20. The molecule has 1 aliphatic carbocycles. The highest BCUT2D eigenvalue weighted by molar-refractivity contribution is 7.89. The maximum absolute atomic E-state index is 11.8. The third-order valence-electron chi connectivity index (χ3n) is 2.73. The van der Waals surface area contributed by atoms with E-state index in [1.807, 2.05) is 4.72 Å². The number of hydrogen-bond acceptors (Lipinski definition) is 4. The van der Waals surface area contributed by atoms with Gasteiger partial charge in [0.25, 0.3) is 5.91 Å². The van der Waals surface area contributed by atoms with E-state index in [1.54, 1.807) is 0 Å². The lowest BCUT2D eigenvalue weighted by Crippen LogP contribution is -2.30. The molecule has 0 heterocycles. The molecule has 0 bridgehead atoms. The van der Waals surface area contributed by atoms with Gasteiger partial charge in [-0.1, -0.05) is 6.07 Å². The molecule has 0 aliphatic heterocycles. The molecule has 1 fully saturated rings. The van der Waals surface area contributed by atoms with E-state index in [9.17, 15) is 18.0 Å². The molecule has 1 saturated carbocycles. The smallest absolute Gasteiger partial charge is 0.318 e. The molecule has 20 heavy (non-hydrogen) atoms. The van der Waals surface area contributed by atoms with Gasteiger partial charge in [-0.05, 0) is 31.0 Å². The predicted molar refractivity (Wildman–Crippen MR) is 69.8 cm³/mol. The van der Waals surface area contributed by atoms with E-state index in [0.29, 0.717) is 0 Å². The largest absolute Gasteiger partial charge is 0.480 e. The SMILES string of the molecule is O=C(O)CNS(=O)(=O)c1cccc(C(=O)NC2CC2)c1. The molecule has 1 amide bonds. The number of sulfonamides is 1. The Morgan fingerprint density at radius 1 is 1.30 bits per heavy atom. The lowest BCUT2D eigenvalue weighted by Gasteiger charge is -2.07. The molecule has 1 aromatic carbocycles. The van der Waals surface area contributed by atoms with Crippen LogP contribution in [0, 0.1) is 0 Å². The van der Waals surface area contributed by atoms with Crippen LogP contribution in [0.5, 0.6) is 0 Å². The summed E-state index contributed by atoms with van der Waals surface area (Å²) in [6.07, 6.45) is 1.87. The standard InChI is InChI=1S/C12H14N2O5S/c15-11(16)7-13-20(18,19)10-3-1-2-8(6-10)12(17)14-9-4-5-9/h1-3,6,9,13H,4-5,7H2,(H,14,17)(H,15,16). The van der Waals surface area contributed by atoms with Crippen molar-refractivity contribution in [3.8, 4) is 0 Å². The Morgan fingerprint density at radius 3 is 2.60 bits per heavy atom. The van der Waals surface area contributed by atoms with Crippen molar-refractivity contribution in [2.45, 2.75) is 23.8 Å². The number of hydrogen-bond donors (Lipinski definition) is 3. The van der Waals surface area contributed by atoms with Gasteiger partial charge in [-0.15, -0.1) is 0 Å². The van der Waals surface area contributed by atoms with Gasteiger partial charge in [0.2, 0.25) is 10.0 Å². The highest BCUT2D eigenvalue weighted by atomic mass is 32.2. The van der Waals surface area contributed by atoms with Gasteiger partial charge < -0.3 is 10.4 Å². The number of aliphatic carboxylic acids is 1. The first-order valence-corrected chi connectivity index (χ1v) is 7.49. The Labute approximate surface area is 116 Å². The molecule has 0 unspecified atom stereocenters. The minimum atomic E-state index is -3.94. The molecule has 0 atom stereocenters. The fraction of sp³-hybridized carbons (Fsp3) is 0.333. The first kappa shape index (κ1) is 14.5. The van der Waals surface area contributed by atoms with Gasteiger partial charge in [0.05, 0.1) is 4.90 Å². The average Bonchev–Trinajstić information content (AvgIpc) is 3.20. The molecule has 0 aromatic heterocycles. The number of amides is 1. The van der Waals surface area contributed by atoms with Crippen molar-refractivity contribution in [2.24, 2.45) is 0 Å². The van der Waals surface area contributed by atoms with Crippen molar-refractivity contribution >= 4 is 21.9 Å². The molecule has 0 radical (unpaired) electrons. The molecule has 1 aliphatic rings. The van der Waals surface area contributed by atoms with Crippen LogP contribution in [0.25, 0.3) is 0 Å². The minimum Gasteiger partial charge on any atom is -0.480 e. The van der Waals surface area contributed by atoms with E-state index < -0.39 is 22.5 Å². The van der Waals surface area contributed by atoms with Crippen molar-refractivity contribution in [1.82, 2.24) is 10.0 Å². The minimum absolute atomic E-state index is 0.137. The Morgan fingerprint density at radius 2 is 2.00 bits per heavy atom. The lowest BCUT2D eigenvalue weighted by molar-refractivity contribution is -0.135. The third kappa shape index (κ3) is 3.78. The molecule has 1 aromatic rings. The van der Waals surface area contributed by atoms with Crippen LogP contribution in [0.4, 0.5) is 0 Å². The van der Waals surface area contributed by atoms with Crippen LogP contribution in [0.2, 0.25) is 0 Å². The maximum Gasteiger partial charge on any atom is 0.318 e. The zero-order chi connectivity index (χ0) is 14.8. The zero-order valence-electron chi connectivity index (χ0n) is 10.5. The zero-order valence-corrected chi connectivity index (χ0v) is 11.3. The summed E-state index contributed by atoms with van der Waals surface area (Å²) < 4.78 is 25.6. The van der Waals surface area contributed by atoms with E-state index in [-0.39, 0.29) is 22.4 Å². The predicted octanol–water partition coefficient (Wildman–Crippen LogP) is -0.0583. The third-order valence-corrected chi connectivity index (χ3v) is 4.13. The van der Waals surface area contributed by atoms with Crippen molar-refractivity contribution < 1.29 is 23.1 Å². The monoisotopic (exact) mass is 298 g/mol. The first-order chi connectivity index (χ1) is 9.38. The second kappa shape index (κ2) is 5.59. The summed E-state index contributed by atoms with van der Waals surface area (Å²) in [7, 11) is -3.94. The Hall–Kier alpha value is -1.93. The fourth-order valence-corrected chi connectivity index (χ4v) is 2.56. The molecule has 8 heteroatoms. The topological polar surface area (TPSA) is 113 Å². The summed E-state index contributed by atoms with van der Waals surface area (Å²) in [5.74, 6) is -1.61. The summed E-state index contributed by atoms with van der Waals surface area (Å²) in [6, 6.07) is 5.65. The van der Waals surface area contributed by atoms with Crippen molar-refractivity contribution in [3.63, 3.8) is 0 Å². The van der Waals surface area contributed by atoms with Gasteiger partial charge in [0, 0.05) is 11.6 Å². The van der Waals surface area contributed by atoms with Crippen molar-refractivity contribution in [3.05, 3.63) is 29.8 Å². The van der Waals surface area contributed by atoms with E-state index in [1.165, 1.54) is 24.3 Å². The molecule has 0 spiro atoms. The van der Waals surface area contributed by atoms with Gasteiger partial charge in [-0.3, -0.25) is 9.59 Å². The van der Waals surface area contributed by atoms with Crippen LogP contribution >= 0.6 is 0 Å². The van der Waals surface area contributed by atoms with E-state index in [4.69, 9.17) is 5.11 Å². The Bertz CT molecular complexity index is 637. The molecule has 3 N–H and O–H groups in total. The van der Waals surface area contributed by atoms with Gasteiger partial charge in [0.1, 0.15) is 6.54 Å². The van der Waals surface area contributed by atoms with Crippen LogP contribution in [0.15, 0.2) is 29.2 Å². The van der Waals surface area contributed by atoms with Crippen molar-refractivity contribution in [1.29, 1.82) is 0 Å². The van der Waals surface area contributed by atoms with Gasteiger partial charge >= 0.3 is 5.97 Å². The number of carboxylic acid groups (broad SMARTS) is 1. The number of carbonyl (C=O) groups is 2. The van der Waals surface area contributed by atoms with Gasteiger partial charge in [-0.2, -0.15) is 4.72 Å². The molecular formula is C12H14N2O5S. The van der Waals surface area contributed by atoms with Crippen molar-refractivity contribution in [2.75, 3.05) is 6.54 Å². The molecule has 0 saturated heterocycles. The molecule has 7 nitrogen and oxygen atoms in total. The summed E-state index contributed by atoms with van der Waals surface area (Å²) in [5, 5.41) is 11.2. The first-order valence-electron chi connectivity index (χ1n) is 6.01. The molecule has 108 valence electrons. The van der Waals surface area contributed by atoms with Crippen LogP contribution in [0.1, 0.15) is 23.2 Å². The number of benzene rings is 1. The van der Waals surface area contributed by atoms with E-state index >= 15 is 0 Å². The lowest BCUT2D eigenvalue weighted by atomic mass is 10.2. The quantitative estimate of drug-likeness (QED) is 0.681. The summed E-state index contributed by atoms with van der Waals surface area (Å²) in [4.78, 5) is 22.1. The van der Waals surface area contributed by atoms with Crippen LogP contribution in [0.3, 0.4) is 0 Å². The highest BCUT2D eigenvalue weighted by Gasteiger charge is 2.24. The normalized spacial score (nSPS) is 14.8. The number of rotatable bonds is 6. The molecule has 2 rings (SSSR count). The molecular weight excluding hydrogens is 284 g/mol. The Balaban J connectivity index is 2.15. The number of carboxylic acids is 1. The average molecular weight is 298 g/mol. The fourth-order valence-electron chi connectivity index (χ4n) is 1.54. The maximum atomic E-state index is 11.8. The summed E-state index contributed by atoms with van der Waals surface area (Å²) in [6.45, 7) is -0.708. The number of nitrogens with one attached hydrogen (secondary N) is 2. The van der Waals surface area contributed by atoms with Crippen LogP contribution < -0.4 is 10.0 Å². The second-order valence-corrected chi connectivity index (χ2v) is 6.26. The van der Waals surface area contributed by atoms with Gasteiger partial charge in [0.15, 0.2) is 0 Å². The van der Waals surface area contributed by atoms with Crippen LogP contribution in [-0.4, -0.2) is 38.0 Å². The van der Waals surface area contributed by atoms with E-state index in [0.717, 1.165) is 12.8 Å². The van der Waals surface area contributed by atoms with Gasteiger partial charge in [-0.25, -0.2) is 8.42 Å². The van der Waals surface area contributed by atoms with E-state index in [2.05, 4.69) is 5.32 Å². The van der Waals surface area contributed by atoms with Crippen LogP contribution in [-0.2, 0) is 14.8 Å². The second-order valence-electron chi connectivity index (χ2n) is 4.49. The summed E-state index contributed by atoms with van der Waals surface area (Å²) >= 11 is 0. The summed E-state index contributed by atoms with van der Waals surface area (Å²) in [5.41, 5.74) is 0.232. The Kier molecular flexibility index (Phi) is 4.05.